The number of carbonyl (C=O) groups excluding carboxylic acids is 1. The van der Waals surface area contributed by atoms with Gasteiger partial charge < -0.3 is 9.84 Å². The second-order valence-electron chi connectivity index (χ2n) is 12.4. The van der Waals surface area contributed by atoms with E-state index in [0.717, 1.165) is 54.6 Å². The van der Waals surface area contributed by atoms with Gasteiger partial charge in [-0.2, -0.15) is 0 Å². The lowest BCUT2D eigenvalue weighted by molar-refractivity contribution is 0.0521. The minimum absolute atomic E-state index is 0.0270. The van der Waals surface area contributed by atoms with Gasteiger partial charge in [0, 0.05) is 18.5 Å². The summed E-state index contributed by atoms with van der Waals surface area (Å²) in [6.45, 7) is 11.6. The molecule has 4 heteroatoms. The number of phenols is 1. The number of ketones is 1. The van der Waals surface area contributed by atoms with Gasteiger partial charge >= 0.3 is 0 Å². The van der Waals surface area contributed by atoms with Gasteiger partial charge in [0.15, 0.2) is 5.78 Å². The number of fused-ring (bicyclic) bond motifs is 1. The quantitative estimate of drug-likeness (QED) is 0.188. The minimum Gasteiger partial charge on any atom is -0.507 e. The van der Waals surface area contributed by atoms with Crippen LogP contribution in [0.5, 0.6) is 11.5 Å². The van der Waals surface area contributed by atoms with Gasteiger partial charge in [-0.05, 0) is 85.8 Å². The molecule has 2 aromatic rings. The predicted octanol–water partition coefficient (Wildman–Crippen LogP) is 9.21. The summed E-state index contributed by atoms with van der Waals surface area (Å²) < 4.78 is 6.42. The number of pyridine rings is 1. The van der Waals surface area contributed by atoms with Crippen LogP contribution in [0, 0.1) is 17.8 Å². The standard InChI is InChI=1S/C34H49NO3/c1-25(2)10-6-11-26(3)12-7-13-27(4)14-8-19-34(5)20-18-29-22-30(32(37)23-33(29)38-34)31(36)17-16-28-15-9-21-35-24-28/h9,15-17,21-27,37H,6-8,10-14,18-20H2,1-5H3/b17-16+/t26-,27-,34?/m0/s1. The maximum absolute atomic E-state index is 12.7. The summed E-state index contributed by atoms with van der Waals surface area (Å²) in [7, 11) is 0. The van der Waals surface area contributed by atoms with Crippen molar-refractivity contribution < 1.29 is 14.6 Å². The van der Waals surface area contributed by atoms with Crippen LogP contribution in [0.3, 0.4) is 0 Å². The van der Waals surface area contributed by atoms with Crippen LogP contribution in [0.2, 0.25) is 0 Å². The van der Waals surface area contributed by atoms with E-state index in [1.165, 1.54) is 51.0 Å². The highest BCUT2D eigenvalue weighted by Crippen LogP contribution is 2.40. The maximum Gasteiger partial charge on any atom is 0.189 e. The first-order valence-electron chi connectivity index (χ1n) is 14.8. The van der Waals surface area contributed by atoms with Crippen molar-refractivity contribution in [1.29, 1.82) is 0 Å². The third-order valence-corrected chi connectivity index (χ3v) is 8.11. The Hall–Kier alpha value is -2.62. The van der Waals surface area contributed by atoms with E-state index in [9.17, 15) is 9.90 Å². The Morgan fingerprint density at radius 1 is 1.05 bits per heavy atom. The highest BCUT2D eigenvalue weighted by atomic mass is 16.5. The Morgan fingerprint density at radius 2 is 1.74 bits per heavy atom. The van der Waals surface area contributed by atoms with Gasteiger partial charge in [-0.25, -0.2) is 0 Å². The van der Waals surface area contributed by atoms with E-state index in [4.69, 9.17) is 4.74 Å². The van der Waals surface area contributed by atoms with Crippen LogP contribution in [0.1, 0.15) is 120 Å². The van der Waals surface area contributed by atoms with Crippen LogP contribution in [0.4, 0.5) is 0 Å². The zero-order valence-electron chi connectivity index (χ0n) is 24.3. The summed E-state index contributed by atoms with van der Waals surface area (Å²) in [5, 5.41) is 10.6. The van der Waals surface area contributed by atoms with Gasteiger partial charge in [0.05, 0.1) is 5.56 Å². The minimum atomic E-state index is -0.226. The third kappa shape index (κ3) is 9.60. The van der Waals surface area contributed by atoms with Crippen molar-refractivity contribution >= 4 is 11.9 Å². The number of rotatable bonds is 15. The molecule has 0 radical (unpaired) electrons. The number of carbonyl (C=O) groups is 1. The second kappa shape index (κ2) is 14.5. The van der Waals surface area contributed by atoms with Crippen LogP contribution < -0.4 is 4.74 Å². The first-order valence-corrected chi connectivity index (χ1v) is 14.8. The Kier molecular flexibility index (Phi) is 11.4. The second-order valence-corrected chi connectivity index (χ2v) is 12.4. The van der Waals surface area contributed by atoms with Crippen LogP contribution in [-0.2, 0) is 6.42 Å². The molecule has 1 aromatic carbocycles. The summed E-state index contributed by atoms with van der Waals surface area (Å²) in [6, 6.07) is 7.14. The average molecular weight is 520 g/mol. The van der Waals surface area contributed by atoms with E-state index >= 15 is 0 Å². The predicted molar refractivity (Wildman–Crippen MR) is 158 cm³/mol. The van der Waals surface area contributed by atoms with Crippen LogP contribution in [0.25, 0.3) is 6.08 Å². The fourth-order valence-electron chi connectivity index (χ4n) is 5.53. The van der Waals surface area contributed by atoms with Gasteiger partial charge in [-0.1, -0.05) is 78.7 Å². The number of aryl methyl sites for hydroxylation is 1. The van der Waals surface area contributed by atoms with Crippen molar-refractivity contribution in [2.45, 2.75) is 111 Å². The van der Waals surface area contributed by atoms with Crippen molar-refractivity contribution in [2.75, 3.05) is 0 Å². The molecule has 0 bridgehead atoms. The number of ether oxygens (including phenoxy) is 1. The van der Waals surface area contributed by atoms with Gasteiger partial charge in [0.25, 0.3) is 0 Å². The van der Waals surface area contributed by atoms with Crippen molar-refractivity contribution in [3.63, 3.8) is 0 Å². The van der Waals surface area contributed by atoms with Crippen molar-refractivity contribution in [1.82, 2.24) is 4.98 Å². The fourth-order valence-corrected chi connectivity index (χ4v) is 5.53. The Balaban J connectivity index is 1.44. The lowest BCUT2D eigenvalue weighted by Gasteiger charge is -2.36. The number of phenolic OH excluding ortho intramolecular Hbond substituents is 1. The van der Waals surface area contributed by atoms with Crippen molar-refractivity contribution in [3.05, 3.63) is 59.4 Å². The molecule has 0 saturated heterocycles. The molecule has 3 atom stereocenters. The van der Waals surface area contributed by atoms with E-state index in [-0.39, 0.29) is 17.1 Å². The van der Waals surface area contributed by atoms with E-state index in [1.54, 1.807) is 30.6 Å². The molecule has 0 saturated carbocycles. The largest absolute Gasteiger partial charge is 0.507 e. The molecular formula is C34H49NO3. The number of aromatic nitrogens is 1. The Labute approximate surface area is 230 Å². The van der Waals surface area contributed by atoms with Crippen LogP contribution >= 0.6 is 0 Å². The van der Waals surface area contributed by atoms with E-state index < -0.39 is 0 Å². The monoisotopic (exact) mass is 519 g/mol. The van der Waals surface area contributed by atoms with Gasteiger partial charge in [-0.15, -0.1) is 0 Å². The number of hydrogen-bond donors (Lipinski definition) is 1. The first-order chi connectivity index (χ1) is 18.1. The fraction of sp³-hybridized carbons (Fsp3) is 0.588. The Bertz CT molecular complexity index is 1050. The molecule has 1 N–H and O–H groups in total. The molecule has 4 nitrogen and oxygen atoms in total. The van der Waals surface area contributed by atoms with E-state index in [2.05, 4.69) is 39.6 Å². The normalized spacial score (nSPS) is 18.8. The SMILES string of the molecule is CC(C)CCC[C@H](C)CCC[C@H](C)CCCC1(C)CCc2cc(C(=O)/C=C/c3cccnc3)c(O)cc2O1. The zero-order valence-corrected chi connectivity index (χ0v) is 24.3. The lowest BCUT2D eigenvalue weighted by Crippen LogP contribution is -2.36. The smallest absolute Gasteiger partial charge is 0.189 e. The zero-order chi connectivity index (χ0) is 27.5. The Morgan fingerprint density at radius 3 is 2.39 bits per heavy atom. The summed E-state index contributed by atoms with van der Waals surface area (Å²) in [4.78, 5) is 16.8. The molecule has 0 spiro atoms. The number of nitrogens with zero attached hydrogens (tertiary/aromatic N) is 1. The lowest BCUT2D eigenvalue weighted by atomic mass is 9.85. The molecule has 1 aromatic heterocycles. The molecule has 0 fully saturated rings. The molecular weight excluding hydrogens is 470 g/mol. The van der Waals surface area contributed by atoms with Crippen LogP contribution in [-0.4, -0.2) is 21.5 Å². The summed E-state index contributed by atoms with van der Waals surface area (Å²) in [6.07, 6.45) is 19.9. The number of allylic oxidation sites excluding steroid dienone is 1. The van der Waals surface area contributed by atoms with Crippen molar-refractivity contribution in [2.24, 2.45) is 17.8 Å². The molecule has 1 aliphatic heterocycles. The molecule has 208 valence electrons. The molecule has 1 aliphatic rings. The summed E-state index contributed by atoms with van der Waals surface area (Å²) in [5.41, 5.74) is 1.93. The van der Waals surface area contributed by atoms with Gasteiger partial charge in [0.1, 0.15) is 17.1 Å². The highest BCUT2D eigenvalue weighted by Gasteiger charge is 2.32. The highest BCUT2D eigenvalue weighted by molar-refractivity contribution is 6.08. The van der Waals surface area contributed by atoms with E-state index in [1.807, 2.05) is 12.1 Å². The van der Waals surface area contributed by atoms with E-state index in [0.29, 0.717) is 11.3 Å². The summed E-state index contributed by atoms with van der Waals surface area (Å²) >= 11 is 0. The van der Waals surface area contributed by atoms with Crippen LogP contribution in [0.15, 0.2) is 42.7 Å². The van der Waals surface area contributed by atoms with Crippen molar-refractivity contribution in [3.8, 4) is 11.5 Å². The van der Waals surface area contributed by atoms with Gasteiger partial charge in [0.2, 0.25) is 0 Å². The average Bonchev–Trinajstić information content (AvgIpc) is 2.87. The number of aromatic hydroxyl groups is 1. The molecule has 0 amide bonds. The van der Waals surface area contributed by atoms with Gasteiger partial charge in [-0.3, -0.25) is 9.78 Å². The third-order valence-electron chi connectivity index (χ3n) is 8.11. The molecule has 1 unspecified atom stereocenters. The topological polar surface area (TPSA) is 59.4 Å². The molecule has 3 rings (SSSR count). The maximum atomic E-state index is 12.7. The number of benzene rings is 1. The first kappa shape index (κ1) is 29.9. The molecule has 2 heterocycles. The summed E-state index contributed by atoms with van der Waals surface area (Å²) in [5.74, 6) is 2.88. The molecule has 0 aliphatic carbocycles. The number of hydrogen-bond acceptors (Lipinski definition) is 4. The molecule has 38 heavy (non-hydrogen) atoms.